The van der Waals surface area contributed by atoms with Crippen molar-refractivity contribution >= 4 is 29.3 Å². The first-order chi connectivity index (χ1) is 13.1. The van der Waals surface area contributed by atoms with E-state index in [2.05, 4.69) is 10.3 Å². The topological polar surface area (TPSA) is 99.2 Å². The lowest BCUT2D eigenvalue weighted by molar-refractivity contribution is -0.119. The van der Waals surface area contributed by atoms with Crippen molar-refractivity contribution in [1.29, 1.82) is 0 Å². The van der Waals surface area contributed by atoms with Crippen LogP contribution in [-0.4, -0.2) is 34.2 Å². The Morgan fingerprint density at radius 2 is 1.85 bits per heavy atom. The van der Waals surface area contributed by atoms with Crippen molar-refractivity contribution in [3.8, 4) is 11.4 Å². The highest BCUT2D eigenvalue weighted by Gasteiger charge is 2.17. The van der Waals surface area contributed by atoms with Crippen molar-refractivity contribution in [2.45, 2.75) is 5.16 Å². The summed E-state index contributed by atoms with van der Waals surface area (Å²) in [5, 5.41) is 3.57. The van der Waals surface area contributed by atoms with Gasteiger partial charge in [0.05, 0.1) is 6.20 Å². The van der Waals surface area contributed by atoms with Gasteiger partial charge in [-0.05, 0) is 42.7 Å². The summed E-state index contributed by atoms with van der Waals surface area (Å²) in [4.78, 5) is 27.8. The molecular weight excluding hydrogens is 364 g/mol. The normalized spacial score (nSPS) is 10.4. The number of nitrogens with zero attached hydrogens (tertiary/aromatic N) is 2. The van der Waals surface area contributed by atoms with Crippen LogP contribution in [0.25, 0.3) is 5.69 Å². The zero-order valence-electron chi connectivity index (χ0n) is 14.6. The zero-order valence-corrected chi connectivity index (χ0v) is 15.4. The molecule has 8 heteroatoms. The molecule has 0 radical (unpaired) electrons. The number of primary amides is 1. The molecule has 0 atom stereocenters. The highest BCUT2D eigenvalue weighted by Crippen LogP contribution is 2.23. The Kier molecular flexibility index (Phi) is 5.77. The van der Waals surface area contributed by atoms with Crippen LogP contribution in [0.1, 0.15) is 10.5 Å². The first-order valence-corrected chi connectivity index (χ1v) is 9.30. The minimum absolute atomic E-state index is 0.195. The van der Waals surface area contributed by atoms with Crippen LogP contribution in [0.3, 0.4) is 0 Å². The number of para-hydroxylation sites is 1. The maximum absolute atomic E-state index is 12.8. The van der Waals surface area contributed by atoms with Crippen LogP contribution in [-0.2, 0) is 4.79 Å². The van der Waals surface area contributed by atoms with E-state index in [0.717, 1.165) is 10.8 Å². The molecule has 3 rings (SSSR count). The van der Waals surface area contributed by atoms with E-state index in [0.29, 0.717) is 17.1 Å². The molecule has 3 N–H and O–H groups in total. The van der Waals surface area contributed by atoms with E-state index < -0.39 is 5.91 Å². The molecule has 1 heterocycles. The van der Waals surface area contributed by atoms with Gasteiger partial charge in [-0.1, -0.05) is 30.0 Å². The lowest BCUT2D eigenvalue weighted by atomic mass is 10.2. The number of ether oxygens (including phenoxy) is 1. The third-order valence-corrected chi connectivity index (χ3v) is 4.31. The number of hydrogen-bond acceptors (Lipinski definition) is 5. The summed E-state index contributed by atoms with van der Waals surface area (Å²) in [6, 6.07) is 16.3. The Balaban J connectivity index is 1.79. The van der Waals surface area contributed by atoms with Gasteiger partial charge in [-0.2, -0.15) is 0 Å². The van der Waals surface area contributed by atoms with Gasteiger partial charge in [-0.25, -0.2) is 4.98 Å². The van der Waals surface area contributed by atoms with Crippen LogP contribution >= 0.6 is 11.8 Å². The summed E-state index contributed by atoms with van der Waals surface area (Å²) in [5.41, 5.74) is 6.93. The molecule has 2 aromatic carbocycles. The molecule has 0 saturated carbocycles. The second kappa shape index (κ2) is 8.41. The molecule has 0 aliphatic carbocycles. The Labute approximate surface area is 160 Å². The fourth-order valence-corrected chi connectivity index (χ4v) is 2.99. The molecule has 7 nitrogen and oxygen atoms in total. The molecule has 0 saturated heterocycles. The fraction of sp³-hybridized carbons (Fsp3) is 0.105. The Bertz CT molecular complexity index is 939. The SMILES string of the molecule is CSc1ncc(C(=O)Nc2ccc(OCC(N)=O)cc2)n1-c1ccccc1. The highest BCUT2D eigenvalue weighted by atomic mass is 32.2. The van der Waals surface area contributed by atoms with E-state index in [1.54, 1.807) is 30.5 Å². The number of nitrogens with two attached hydrogens (primary N) is 1. The molecule has 0 unspecified atom stereocenters. The van der Waals surface area contributed by atoms with Crippen molar-refractivity contribution < 1.29 is 14.3 Å². The number of thioether (sulfide) groups is 1. The number of carbonyl (C=O) groups excluding carboxylic acids is 2. The Hall–Kier alpha value is -3.26. The summed E-state index contributed by atoms with van der Waals surface area (Å²) >= 11 is 1.46. The van der Waals surface area contributed by atoms with Crippen molar-refractivity contribution in [2.24, 2.45) is 5.73 Å². The van der Waals surface area contributed by atoms with Gasteiger partial charge in [0.1, 0.15) is 11.4 Å². The molecule has 138 valence electrons. The monoisotopic (exact) mass is 382 g/mol. The van der Waals surface area contributed by atoms with Crippen LogP contribution in [0.15, 0.2) is 66.0 Å². The fourth-order valence-electron chi connectivity index (χ4n) is 2.45. The lowest BCUT2D eigenvalue weighted by Crippen LogP contribution is -2.20. The standard InChI is InChI=1S/C19H18N4O3S/c1-27-19-21-11-16(23(19)14-5-3-2-4-6-14)18(25)22-13-7-9-15(10-8-13)26-12-17(20)24/h2-11H,12H2,1H3,(H2,20,24)(H,22,25). The van der Waals surface area contributed by atoms with Crippen molar-refractivity contribution in [1.82, 2.24) is 9.55 Å². The minimum Gasteiger partial charge on any atom is -0.484 e. The number of benzene rings is 2. The second-order valence-electron chi connectivity index (χ2n) is 5.53. The summed E-state index contributed by atoms with van der Waals surface area (Å²) < 4.78 is 7.01. The molecule has 0 fully saturated rings. The minimum atomic E-state index is -0.550. The number of amides is 2. The van der Waals surface area contributed by atoms with Crippen LogP contribution < -0.4 is 15.8 Å². The number of nitrogens with one attached hydrogen (secondary N) is 1. The van der Waals surface area contributed by atoms with E-state index in [9.17, 15) is 9.59 Å². The summed E-state index contributed by atoms with van der Waals surface area (Å²) in [6.07, 6.45) is 3.47. The second-order valence-corrected chi connectivity index (χ2v) is 6.31. The van der Waals surface area contributed by atoms with Gasteiger partial charge >= 0.3 is 0 Å². The maximum atomic E-state index is 12.8. The Morgan fingerprint density at radius 1 is 1.15 bits per heavy atom. The van der Waals surface area contributed by atoms with Crippen molar-refractivity contribution in [3.63, 3.8) is 0 Å². The van der Waals surface area contributed by atoms with E-state index in [4.69, 9.17) is 10.5 Å². The molecule has 2 amide bonds. The van der Waals surface area contributed by atoms with Gasteiger partial charge in [-0.3, -0.25) is 14.2 Å². The smallest absolute Gasteiger partial charge is 0.274 e. The van der Waals surface area contributed by atoms with Gasteiger partial charge in [0.15, 0.2) is 11.8 Å². The quantitative estimate of drug-likeness (QED) is 0.612. The predicted molar refractivity (Wildman–Crippen MR) is 104 cm³/mol. The highest BCUT2D eigenvalue weighted by molar-refractivity contribution is 7.98. The molecule has 0 aliphatic rings. The van der Waals surface area contributed by atoms with Gasteiger partial charge in [0.25, 0.3) is 11.8 Å². The summed E-state index contributed by atoms with van der Waals surface area (Å²) in [5.74, 6) is -0.339. The van der Waals surface area contributed by atoms with Crippen LogP contribution in [0, 0.1) is 0 Å². The average Bonchev–Trinajstić information content (AvgIpc) is 3.12. The van der Waals surface area contributed by atoms with E-state index in [1.807, 2.05) is 41.2 Å². The number of hydrogen-bond donors (Lipinski definition) is 2. The van der Waals surface area contributed by atoms with Gasteiger partial charge < -0.3 is 15.8 Å². The van der Waals surface area contributed by atoms with E-state index >= 15 is 0 Å². The molecule has 0 bridgehead atoms. The molecule has 0 aliphatic heterocycles. The molecule has 3 aromatic rings. The number of anilines is 1. The maximum Gasteiger partial charge on any atom is 0.274 e. The average molecular weight is 382 g/mol. The predicted octanol–water partition coefficient (Wildman–Crippen LogP) is 2.71. The number of rotatable bonds is 7. The summed E-state index contributed by atoms with van der Waals surface area (Å²) in [7, 11) is 0. The third kappa shape index (κ3) is 4.48. The van der Waals surface area contributed by atoms with Gasteiger partial charge in [0.2, 0.25) is 0 Å². The van der Waals surface area contributed by atoms with Gasteiger partial charge in [-0.15, -0.1) is 0 Å². The van der Waals surface area contributed by atoms with Crippen molar-refractivity contribution in [2.75, 3.05) is 18.2 Å². The zero-order chi connectivity index (χ0) is 19.2. The van der Waals surface area contributed by atoms with E-state index in [1.165, 1.54) is 11.8 Å². The Morgan fingerprint density at radius 3 is 2.48 bits per heavy atom. The molecular formula is C19H18N4O3S. The molecule has 27 heavy (non-hydrogen) atoms. The number of aromatic nitrogens is 2. The summed E-state index contributed by atoms with van der Waals surface area (Å²) in [6.45, 7) is -0.195. The van der Waals surface area contributed by atoms with Crippen LogP contribution in [0.4, 0.5) is 5.69 Å². The first-order valence-electron chi connectivity index (χ1n) is 8.08. The first kappa shape index (κ1) is 18.5. The number of carbonyl (C=O) groups is 2. The van der Waals surface area contributed by atoms with Crippen molar-refractivity contribution in [3.05, 3.63) is 66.5 Å². The van der Waals surface area contributed by atoms with E-state index in [-0.39, 0.29) is 12.5 Å². The largest absolute Gasteiger partial charge is 0.484 e. The van der Waals surface area contributed by atoms with Gasteiger partial charge in [0, 0.05) is 11.4 Å². The molecule has 0 spiro atoms. The lowest BCUT2D eigenvalue weighted by Gasteiger charge is -2.11. The third-order valence-electron chi connectivity index (χ3n) is 3.65. The van der Waals surface area contributed by atoms with Crippen LogP contribution in [0.2, 0.25) is 0 Å². The number of imidazole rings is 1. The molecule has 1 aromatic heterocycles. The van der Waals surface area contributed by atoms with Crippen LogP contribution in [0.5, 0.6) is 5.75 Å².